The summed E-state index contributed by atoms with van der Waals surface area (Å²) in [7, 11) is -7.11. The Morgan fingerprint density at radius 1 is 1.32 bits per heavy atom. The number of hydrogen-bond donors (Lipinski definition) is 0. The minimum atomic E-state index is -4.05. The summed E-state index contributed by atoms with van der Waals surface area (Å²) >= 11 is 0. The monoisotopic (exact) mass is 306 g/mol. The van der Waals surface area contributed by atoms with Gasteiger partial charge in [0.2, 0.25) is 17.9 Å². The lowest BCUT2D eigenvalue weighted by Crippen LogP contribution is -2.24. The SMILES string of the molecule is CCO[PH](=O)C(OC(C)=O)S(=O)(=O)c1ccccc1. The predicted octanol–water partition coefficient (Wildman–Crippen LogP) is 1.82. The first-order valence-electron chi connectivity index (χ1n) is 5.52. The van der Waals surface area contributed by atoms with E-state index in [0.29, 0.717) is 0 Å². The molecule has 0 N–H and O–H groups in total. The van der Waals surface area contributed by atoms with Crippen LogP contribution in [0.25, 0.3) is 0 Å². The quantitative estimate of drug-likeness (QED) is 0.588. The van der Waals surface area contributed by atoms with Crippen molar-refractivity contribution in [2.24, 2.45) is 0 Å². The van der Waals surface area contributed by atoms with Gasteiger partial charge in [-0.1, -0.05) is 18.2 Å². The van der Waals surface area contributed by atoms with Gasteiger partial charge in [-0.15, -0.1) is 0 Å². The van der Waals surface area contributed by atoms with Gasteiger partial charge >= 0.3 is 5.97 Å². The third-order valence-corrected chi connectivity index (χ3v) is 6.28. The highest BCUT2D eigenvalue weighted by Gasteiger charge is 2.36. The molecule has 6 nitrogen and oxygen atoms in total. The number of rotatable bonds is 6. The molecule has 0 saturated carbocycles. The number of ether oxygens (including phenoxy) is 1. The molecule has 0 aliphatic heterocycles. The molecular formula is C11H15O6PS. The van der Waals surface area contributed by atoms with Gasteiger partial charge in [0.1, 0.15) is 0 Å². The molecule has 0 bridgehead atoms. The Labute approximate surface area is 112 Å². The topological polar surface area (TPSA) is 86.7 Å². The molecule has 0 aliphatic carbocycles. The van der Waals surface area contributed by atoms with E-state index in [4.69, 9.17) is 4.52 Å². The third kappa shape index (κ3) is 4.16. The molecule has 106 valence electrons. The van der Waals surface area contributed by atoms with Crippen LogP contribution in [0, 0.1) is 0 Å². The Hall–Kier alpha value is -1.17. The lowest BCUT2D eigenvalue weighted by atomic mass is 10.4. The molecule has 0 radical (unpaired) electrons. The van der Waals surface area contributed by atoms with Crippen LogP contribution in [0.3, 0.4) is 0 Å². The molecule has 0 spiro atoms. The van der Waals surface area contributed by atoms with E-state index in [9.17, 15) is 17.8 Å². The minimum absolute atomic E-state index is 0.0693. The highest BCUT2D eigenvalue weighted by Crippen LogP contribution is 2.37. The standard InChI is InChI=1S/C11H15O6PS/c1-3-16-18(13)11(17-9(2)12)19(14,15)10-7-5-4-6-8-10/h4-8,11,18H,3H2,1-2H3. The number of sulfone groups is 1. The number of esters is 1. The zero-order valence-electron chi connectivity index (χ0n) is 10.5. The van der Waals surface area contributed by atoms with Gasteiger partial charge < -0.3 is 9.26 Å². The molecule has 0 fully saturated rings. The molecule has 2 unspecified atom stereocenters. The van der Waals surface area contributed by atoms with Crippen molar-refractivity contribution in [3.05, 3.63) is 30.3 Å². The van der Waals surface area contributed by atoms with Gasteiger partial charge in [-0.3, -0.25) is 9.36 Å². The lowest BCUT2D eigenvalue weighted by molar-refractivity contribution is -0.140. The first-order valence-corrected chi connectivity index (χ1v) is 8.46. The molecule has 0 amide bonds. The van der Waals surface area contributed by atoms with Crippen molar-refractivity contribution in [2.45, 2.75) is 23.9 Å². The van der Waals surface area contributed by atoms with Gasteiger partial charge in [0, 0.05) is 6.92 Å². The van der Waals surface area contributed by atoms with E-state index >= 15 is 0 Å². The van der Waals surface area contributed by atoms with Crippen LogP contribution in [0.4, 0.5) is 0 Å². The molecule has 1 aromatic carbocycles. The molecule has 0 saturated heterocycles. The van der Waals surface area contributed by atoms with Gasteiger partial charge in [-0.2, -0.15) is 0 Å². The van der Waals surface area contributed by atoms with Crippen LogP contribution in [0.1, 0.15) is 13.8 Å². The van der Waals surface area contributed by atoms with Gasteiger partial charge in [0.15, 0.2) is 0 Å². The van der Waals surface area contributed by atoms with Crippen LogP contribution < -0.4 is 0 Å². The fourth-order valence-electron chi connectivity index (χ4n) is 1.33. The van der Waals surface area contributed by atoms with Crippen molar-refractivity contribution in [1.29, 1.82) is 0 Å². The number of benzene rings is 1. The molecular weight excluding hydrogens is 291 g/mol. The first-order chi connectivity index (χ1) is 8.89. The fraction of sp³-hybridized carbons (Fsp3) is 0.364. The average molecular weight is 306 g/mol. The zero-order chi connectivity index (χ0) is 14.5. The van der Waals surface area contributed by atoms with E-state index in [1.54, 1.807) is 13.0 Å². The van der Waals surface area contributed by atoms with Gasteiger partial charge in [-0.05, 0) is 19.1 Å². The third-order valence-electron chi connectivity index (χ3n) is 2.11. The number of carbonyl (C=O) groups excluding carboxylic acids is 1. The van der Waals surface area contributed by atoms with Crippen LogP contribution in [0.15, 0.2) is 35.2 Å². The Bertz CT molecular complexity index is 554. The van der Waals surface area contributed by atoms with Crippen molar-refractivity contribution < 1.29 is 27.0 Å². The summed E-state index contributed by atoms with van der Waals surface area (Å²) in [5.41, 5.74) is 0. The molecule has 1 rings (SSSR count). The van der Waals surface area contributed by atoms with Crippen molar-refractivity contribution in [2.75, 3.05) is 6.61 Å². The summed E-state index contributed by atoms with van der Waals surface area (Å²) in [5.74, 6) is -0.831. The second kappa shape index (κ2) is 6.84. The summed E-state index contributed by atoms with van der Waals surface area (Å²) in [4.78, 5) is 10.9. The lowest BCUT2D eigenvalue weighted by Gasteiger charge is -2.16. The smallest absolute Gasteiger partial charge is 0.304 e. The van der Waals surface area contributed by atoms with Gasteiger partial charge in [0.05, 0.1) is 11.5 Å². The summed E-state index contributed by atoms with van der Waals surface area (Å²) in [6.45, 7) is 2.69. The molecule has 0 heterocycles. The average Bonchev–Trinajstić information content (AvgIpc) is 2.37. The Morgan fingerprint density at radius 3 is 2.37 bits per heavy atom. The highest BCUT2D eigenvalue weighted by atomic mass is 32.2. The Morgan fingerprint density at radius 2 is 1.89 bits per heavy atom. The Balaban J connectivity index is 3.16. The van der Waals surface area contributed by atoms with E-state index < -0.39 is 29.0 Å². The Kier molecular flexibility index (Phi) is 5.72. The van der Waals surface area contributed by atoms with Gasteiger partial charge in [-0.25, -0.2) is 8.42 Å². The molecule has 2 atom stereocenters. The molecule has 8 heteroatoms. The molecule has 0 aromatic heterocycles. The zero-order valence-corrected chi connectivity index (χ0v) is 12.3. The van der Waals surface area contributed by atoms with E-state index in [1.165, 1.54) is 24.3 Å². The van der Waals surface area contributed by atoms with Crippen LogP contribution in [-0.2, 0) is 28.5 Å². The molecule has 0 aliphatic rings. The van der Waals surface area contributed by atoms with E-state index in [1.807, 2.05) is 0 Å². The van der Waals surface area contributed by atoms with E-state index in [-0.39, 0.29) is 11.5 Å². The van der Waals surface area contributed by atoms with E-state index in [0.717, 1.165) is 6.92 Å². The minimum Gasteiger partial charge on any atom is -0.435 e. The maximum Gasteiger partial charge on any atom is 0.304 e. The molecule has 1 aromatic rings. The van der Waals surface area contributed by atoms with Gasteiger partial charge in [0.25, 0.3) is 5.18 Å². The largest absolute Gasteiger partial charge is 0.435 e. The number of hydrogen-bond acceptors (Lipinski definition) is 6. The van der Waals surface area contributed by atoms with E-state index in [2.05, 4.69) is 4.74 Å². The van der Waals surface area contributed by atoms with Crippen molar-refractivity contribution in [3.63, 3.8) is 0 Å². The maximum atomic E-state index is 12.3. The van der Waals surface area contributed by atoms with Crippen molar-refractivity contribution in [3.8, 4) is 0 Å². The highest BCUT2D eigenvalue weighted by molar-refractivity contribution is 7.96. The summed E-state index contributed by atoms with van der Waals surface area (Å²) < 4.78 is 45.8. The fourth-order valence-corrected chi connectivity index (χ4v) is 4.69. The second-order valence-corrected chi connectivity index (χ2v) is 7.41. The van der Waals surface area contributed by atoms with Crippen LogP contribution >= 0.6 is 8.03 Å². The molecule has 19 heavy (non-hydrogen) atoms. The summed E-state index contributed by atoms with van der Waals surface area (Å²) in [5, 5.41) is -1.79. The van der Waals surface area contributed by atoms with Crippen molar-refractivity contribution >= 4 is 23.8 Å². The van der Waals surface area contributed by atoms with Crippen LogP contribution in [0.2, 0.25) is 0 Å². The summed E-state index contributed by atoms with van der Waals surface area (Å²) in [6, 6.07) is 7.37. The van der Waals surface area contributed by atoms with Crippen LogP contribution in [-0.4, -0.2) is 26.2 Å². The maximum absolute atomic E-state index is 12.3. The predicted molar refractivity (Wildman–Crippen MR) is 69.8 cm³/mol. The first kappa shape index (κ1) is 15.9. The second-order valence-electron chi connectivity index (χ2n) is 3.55. The normalized spacial score (nSPS) is 14.6. The summed E-state index contributed by atoms with van der Waals surface area (Å²) in [6.07, 6.45) is 0. The van der Waals surface area contributed by atoms with Crippen LogP contribution in [0.5, 0.6) is 0 Å². The number of carbonyl (C=O) groups is 1. The van der Waals surface area contributed by atoms with Crippen molar-refractivity contribution in [1.82, 2.24) is 0 Å².